The normalized spacial score (nSPS) is 12.9. The number of carbonyl (C=O) groups excluding carboxylic acids is 1. The number of allylic oxidation sites excluding steroid dienone is 1. The van der Waals surface area contributed by atoms with Crippen LogP contribution in [0.2, 0.25) is 0 Å². The van der Waals surface area contributed by atoms with Crippen LogP contribution < -0.4 is 0 Å². The van der Waals surface area contributed by atoms with Crippen molar-refractivity contribution in [1.82, 2.24) is 0 Å². The first-order valence-corrected chi connectivity index (χ1v) is 6.96. The Bertz CT molecular complexity index is 433. The largest absolute Gasteiger partial charge is 0.466 e. The molecule has 0 saturated heterocycles. The van der Waals surface area contributed by atoms with Crippen molar-refractivity contribution in [3.8, 4) is 0 Å². The van der Waals surface area contributed by atoms with Crippen molar-refractivity contribution in [2.75, 3.05) is 6.61 Å². The van der Waals surface area contributed by atoms with Gasteiger partial charge in [0.05, 0.1) is 13.0 Å². The van der Waals surface area contributed by atoms with Gasteiger partial charge in [-0.2, -0.15) is 0 Å². The van der Waals surface area contributed by atoms with Gasteiger partial charge in [-0.1, -0.05) is 57.2 Å². The lowest BCUT2D eigenvalue weighted by molar-refractivity contribution is -0.142. The Morgan fingerprint density at radius 1 is 1.26 bits per heavy atom. The molecule has 1 unspecified atom stereocenters. The zero-order valence-corrected chi connectivity index (χ0v) is 12.3. The van der Waals surface area contributed by atoms with Crippen LogP contribution >= 0.6 is 0 Å². The molecule has 0 fully saturated rings. The van der Waals surface area contributed by atoms with Gasteiger partial charge in [-0.25, -0.2) is 0 Å². The van der Waals surface area contributed by atoms with E-state index in [9.17, 15) is 4.79 Å². The molecule has 1 rings (SSSR count). The molecule has 1 atom stereocenters. The fourth-order valence-electron chi connectivity index (χ4n) is 1.90. The molecule has 1 aromatic rings. The van der Waals surface area contributed by atoms with Crippen molar-refractivity contribution in [2.45, 2.75) is 46.0 Å². The Kier molecular flexibility index (Phi) is 6.34. The summed E-state index contributed by atoms with van der Waals surface area (Å²) in [5, 5.41) is 0. The quantitative estimate of drug-likeness (QED) is 0.559. The molecule has 0 bridgehead atoms. The van der Waals surface area contributed by atoms with Crippen LogP contribution in [0.15, 0.2) is 36.4 Å². The topological polar surface area (TPSA) is 26.3 Å². The average molecular weight is 260 g/mol. The summed E-state index contributed by atoms with van der Waals surface area (Å²) in [6.45, 7) is 8.79. The highest BCUT2D eigenvalue weighted by Crippen LogP contribution is 2.22. The van der Waals surface area contributed by atoms with E-state index in [1.807, 2.05) is 13.0 Å². The summed E-state index contributed by atoms with van der Waals surface area (Å²) in [6.07, 6.45) is 4.31. The molecule has 0 saturated carbocycles. The number of hydrogen-bond acceptors (Lipinski definition) is 2. The van der Waals surface area contributed by atoms with Gasteiger partial charge in [0.2, 0.25) is 0 Å². The van der Waals surface area contributed by atoms with Crippen molar-refractivity contribution in [3.05, 3.63) is 47.5 Å². The number of ether oxygens (including phenoxy) is 1. The van der Waals surface area contributed by atoms with Crippen LogP contribution in [0.1, 0.15) is 57.1 Å². The Morgan fingerprint density at radius 3 is 2.58 bits per heavy atom. The Morgan fingerprint density at radius 2 is 1.95 bits per heavy atom. The number of carbonyl (C=O) groups is 1. The minimum Gasteiger partial charge on any atom is -0.466 e. The molecule has 2 nitrogen and oxygen atoms in total. The molecule has 0 heterocycles. The standard InChI is InChI=1S/C17H24O2/c1-5-19-17(18)11-6-8-14(4)16-10-7-9-15(12-16)13(2)3/h6-10,12-14H,5,11H2,1-4H3/b8-6+. The summed E-state index contributed by atoms with van der Waals surface area (Å²) in [6, 6.07) is 8.62. The molecule has 104 valence electrons. The summed E-state index contributed by atoms with van der Waals surface area (Å²) >= 11 is 0. The van der Waals surface area contributed by atoms with Gasteiger partial charge < -0.3 is 4.74 Å². The third-order valence-electron chi connectivity index (χ3n) is 3.12. The van der Waals surface area contributed by atoms with Crippen LogP contribution in [0.3, 0.4) is 0 Å². The van der Waals surface area contributed by atoms with E-state index in [2.05, 4.69) is 51.1 Å². The summed E-state index contributed by atoms with van der Waals surface area (Å²) < 4.78 is 4.89. The van der Waals surface area contributed by atoms with E-state index >= 15 is 0 Å². The van der Waals surface area contributed by atoms with Crippen molar-refractivity contribution >= 4 is 5.97 Å². The molecule has 19 heavy (non-hydrogen) atoms. The van der Waals surface area contributed by atoms with E-state index in [4.69, 9.17) is 4.74 Å². The summed E-state index contributed by atoms with van der Waals surface area (Å²) in [7, 11) is 0. The van der Waals surface area contributed by atoms with E-state index < -0.39 is 0 Å². The first-order chi connectivity index (χ1) is 9.04. The lowest BCUT2D eigenvalue weighted by atomic mass is 9.94. The number of rotatable bonds is 6. The van der Waals surface area contributed by atoms with E-state index in [1.54, 1.807) is 0 Å². The van der Waals surface area contributed by atoms with Crippen molar-refractivity contribution in [3.63, 3.8) is 0 Å². The zero-order chi connectivity index (χ0) is 14.3. The highest BCUT2D eigenvalue weighted by atomic mass is 16.5. The van der Waals surface area contributed by atoms with Gasteiger partial charge in [-0.05, 0) is 29.9 Å². The number of hydrogen-bond donors (Lipinski definition) is 0. The second-order valence-corrected chi connectivity index (χ2v) is 5.05. The first-order valence-electron chi connectivity index (χ1n) is 6.96. The summed E-state index contributed by atoms with van der Waals surface area (Å²) in [4.78, 5) is 11.2. The summed E-state index contributed by atoms with van der Waals surface area (Å²) in [5.41, 5.74) is 2.63. The first kappa shape index (κ1) is 15.5. The third-order valence-corrected chi connectivity index (χ3v) is 3.12. The molecular weight excluding hydrogens is 236 g/mol. The molecule has 2 heteroatoms. The maximum Gasteiger partial charge on any atom is 0.309 e. The molecule has 0 aromatic heterocycles. The monoisotopic (exact) mass is 260 g/mol. The van der Waals surface area contributed by atoms with Crippen LogP contribution in [0.5, 0.6) is 0 Å². The van der Waals surface area contributed by atoms with Crippen LogP contribution in [0, 0.1) is 0 Å². The lowest BCUT2D eigenvalue weighted by Gasteiger charge is -2.11. The predicted molar refractivity (Wildman–Crippen MR) is 79.3 cm³/mol. The molecule has 1 aromatic carbocycles. The molecule has 0 aliphatic heterocycles. The van der Waals surface area contributed by atoms with Gasteiger partial charge in [0, 0.05) is 0 Å². The molecule has 0 aliphatic rings. The predicted octanol–water partition coefficient (Wildman–Crippen LogP) is 4.42. The summed E-state index contributed by atoms with van der Waals surface area (Å²) in [5.74, 6) is 0.686. The lowest BCUT2D eigenvalue weighted by Crippen LogP contribution is -2.01. The molecular formula is C17H24O2. The SMILES string of the molecule is CCOC(=O)C/C=C/C(C)c1cccc(C(C)C)c1. The second kappa shape index (κ2) is 7.78. The Labute approximate surface area is 116 Å². The van der Waals surface area contributed by atoms with Crippen LogP contribution in [0.25, 0.3) is 0 Å². The van der Waals surface area contributed by atoms with Crippen LogP contribution in [0.4, 0.5) is 0 Å². The third kappa shape index (κ3) is 5.29. The van der Waals surface area contributed by atoms with E-state index in [0.29, 0.717) is 24.9 Å². The van der Waals surface area contributed by atoms with Gasteiger partial charge in [0.25, 0.3) is 0 Å². The maximum atomic E-state index is 11.2. The van der Waals surface area contributed by atoms with Gasteiger partial charge in [-0.15, -0.1) is 0 Å². The van der Waals surface area contributed by atoms with E-state index in [1.165, 1.54) is 11.1 Å². The minimum atomic E-state index is -0.165. The highest BCUT2D eigenvalue weighted by molar-refractivity contribution is 5.71. The molecule has 0 aliphatic carbocycles. The average Bonchev–Trinajstić information content (AvgIpc) is 2.39. The number of esters is 1. The Balaban J connectivity index is 2.62. The zero-order valence-electron chi connectivity index (χ0n) is 12.3. The Hall–Kier alpha value is -1.57. The van der Waals surface area contributed by atoms with Crippen molar-refractivity contribution in [2.24, 2.45) is 0 Å². The fourth-order valence-corrected chi connectivity index (χ4v) is 1.90. The smallest absolute Gasteiger partial charge is 0.309 e. The fraction of sp³-hybridized carbons (Fsp3) is 0.471. The molecule has 0 N–H and O–H groups in total. The van der Waals surface area contributed by atoms with E-state index in [-0.39, 0.29) is 5.97 Å². The minimum absolute atomic E-state index is 0.165. The van der Waals surface area contributed by atoms with Gasteiger partial charge in [-0.3, -0.25) is 4.79 Å². The highest BCUT2D eigenvalue weighted by Gasteiger charge is 2.05. The second-order valence-electron chi connectivity index (χ2n) is 5.05. The van der Waals surface area contributed by atoms with Crippen molar-refractivity contribution in [1.29, 1.82) is 0 Å². The van der Waals surface area contributed by atoms with Crippen molar-refractivity contribution < 1.29 is 9.53 Å². The van der Waals surface area contributed by atoms with Gasteiger partial charge >= 0.3 is 5.97 Å². The maximum absolute atomic E-state index is 11.2. The van der Waals surface area contributed by atoms with Crippen LogP contribution in [-0.4, -0.2) is 12.6 Å². The van der Waals surface area contributed by atoms with E-state index in [0.717, 1.165) is 0 Å². The van der Waals surface area contributed by atoms with Gasteiger partial charge in [0.1, 0.15) is 0 Å². The van der Waals surface area contributed by atoms with Gasteiger partial charge in [0.15, 0.2) is 0 Å². The van der Waals surface area contributed by atoms with Crippen LogP contribution in [-0.2, 0) is 9.53 Å². The molecule has 0 amide bonds. The molecule has 0 spiro atoms. The molecule has 0 radical (unpaired) electrons. The number of benzene rings is 1.